The lowest BCUT2D eigenvalue weighted by Gasteiger charge is -2.57. The predicted molar refractivity (Wildman–Crippen MR) is 96.5 cm³/mol. The van der Waals surface area contributed by atoms with Gasteiger partial charge in [0.1, 0.15) is 0 Å². The minimum atomic E-state index is -0.130. The van der Waals surface area contributed by atoms with E-state index in [1.54, 1.807) is 6.92 Å². The molecule has 2 heteroatoms. The molecule has 2 nitrogen and oxygen atoms in total. The van der Waals surface area contributed by atoms with Gasteiger partial charge in [-0.1, -0.05) is 31.1 Å². The molecular weight excluding hydrogens is 296 g/mol. The Labute approximate surface area is 146 Å². The van der Waals surface area contributed by atoms with Crippen LogP contribution in [0.25, 0.3) is 0 Å². The molecule has 0 aliphatic heterocycles. The molecule has 0 aromatic rings. The SMILES string of the molecule is CC(=O)C1=C(C)C[C@@H]2[C@@H]3CC=C4C[C@H](O)CC[C@]4(C)[C@H]3CC[C@@]12C. The van der Waals surface area contributed by atoms with Gasteiger partial charge in [0.15, 0.2) is 5.78 Å². The van der Waals surface area contributed by atoms with E-state index in [4.69, 9.17) is 0 Å². The lowest BCUT2D eigenvalue weighted by molar-refractivity contribution is -0.115. The highest BCUT2D eigenvalue weighted by molar-refractivity contribution is 5.96. The van der Waals surface area contributed by atoms with E-state index in [1.807, 2.05) is 0 Å². The van der Waals surface area contributed by atoms with Gasteiger partial charge < -0.3 is 5.11 Å². The van der Waals surface area contributed by atoms with E-state index in [0.29, 0.717) is 17.6 Å². The fourth-order valence-corrected chi connectivity index (χ4v) is 7.27. The van der Waals surface area contributed by atoms with Crippen molar-refractivity contribution in [2.45, 2.75) is 78.7 Å². The number of ketones is 1. The topological polar surface area (TPSA) is 37.3 Å². The molecule has 0 unspecified atom stereocenters. The first kappa shape index (κ1) is 16.6. The summed E-state index contributed by atoms with van der Waals surface area (Å²) in [7, 11) is 0. The average Bonchev–Trinajstić information content (AvgIpc) is 2.78. The zero-order valence-electron chi connectivity index (χ0n) is 15.7. The van der Waals surface area contributed by atoms with Crippen LogP contribution in [0.15, 0.2) is 22.8 Å². The van der Waals surface area contributed by atoms with E-state index in [-0.39, 0.29) is 16.9 Å². The van der Waals surface area contributed by atoms with E-state index in [9.17, 15) is 9.90 Å². The van der Waals surface area contributed by atoms with Crippen molar-refractivity contribution in [2.75, 3.05) is 0 Å². The Morgan fingerprint density at radius 2 is 1.83 bits per heavy atom. The molecular formula is C22H32O2. The van der Waals surface area contributed by atoms with Crippen molar-refractivity contribution >= 4 is 5.78 Å². The first-order chi connectivity index (χ1) is 11.3. The van der Waals surface area contributed by atoms with Crippen LogP contribution in [-0.4, -0.2) is 17.0 Å². The van der Waals surface area contributed by atoms with Crippen LogP contribution in [0.3, 0.4) is 0 Å². The summed E-state index contributed by atoms with van der Waals surface area (Å²) in [5.74, 6) is 2.38. The molecule has 2 saturated carbocycles. The lowest BCUT2D eigenvalue weighted by atomic mass is 9.47. The number of rotatable bonds is 1. The third-order valence-electron chi connectivity index (χ3n) is 8.34. The highest BCUT2D eigenvalue weighted by Crippen LogP contribution is 2.65. The Kier molecular flexibility index (Phi) is 3.66. The van der Waals surface area contributed by atoms with Crippen LogP contribution in [0, 0.1) is 28.6 Å². The van der Waals surface area contributed by atoms with Gasteiger partial charge in [-0.05, 0) is 93.0 Å². The fourth-order valence-electron chi connectivity index (χ4n) is 7.27. The van der Waals surface area contributed by atoms with Crippen LogP contribution in [0.1, 0.15) is 72.6 Å². The third-order valence-corrected chi connectivity index (χ3v) is 8.34. The molecule has 24 heavy (non-hydrogen) atoms. The normalized spacial score (nSPS) is 47.6. The Morgan fingerprint density at radius 3 is 2.54 bits per heavy atom. The maximum absolute atomic E-state index is 12.3. The summed E-state index contributed by atoms with van der Waals surface area (Å²) < 4.78 is 0. The summed E-state index contributed by atoms with van der Waals surface area (Å²) in [5, 5.41) is 10.1. The van der Waals surface area contributed by atoms with Crippen LogP contribution < -0.4 is 0 Å². The summed E-state index contributed by atoms with van der Waals surface area (Å²) in [4.78, 5) is 12.3. The monoisotopic (exact) mass is 328 g/mol. The van der Waals surface area contributed by atoms with Gasteiger partial charge in [-0.15, -0.1) is 0 Å². The van der Waals surface area contributed by atoms with E-state index < -0.39 is 0 Å². The van der Waals surface area contributed by atoms with Crippen molar-refractivity contribution in [3.63, 3.8) is 0 Å². The van der Waals surface area contributed by atoms with Crippen molar-refractivity contribution in [2.24, 2.45) is 28.6 Å². The molecule has 4 aliphatic rings. The van der Waals surface area contributed by atoms with Gasteiger partial charge in [0, 0.05) is 0 Å². The lowest BCUT2D eigenvalue weighted by Crippen LogP contribution is -2.50. The van der Waals surface area contributed by atoms with E-state index in [0.717, 1.165) is 50.0 Å². The molecule has 0 spiro atoms. The molecule has 0 saturated heterocycles. The molecule has 0 aromatic heterocycles. The maximum atomic E-state index is 12.3. The Morgan fingerprint density at radius 1 is 1.12 bits per heavy atom. The minimum Gasteiger partial charge on any atom is -0.393 e. The summed E-state index contributed by atoms with van der Waals surface area (Å²) >= 11 is 0. The first-order valence-electron chi connectivity index (χ1n) is 9.86. The van der Waals surface area contributed by atoms with Crippen molar-refractivity contribution < 1.29 is 9.90 Å². The first-order valence-corrected chi connectivity index (χ1v) is 9.86. The Balaban J connectivity index is 1.70. The molecule has 2 fully saturated rings. The molecule has 132 valence electrons. The van der Waals surface area contributed by atoms with Gasteiger partial charge in [-0.2, -0.15) is 0 Å². The summed E-state index contributed by atoms with van der Waals surface area (Å²) in [6.07, 6.45) is 9.99. The maximum Gasteiger partial charge on any atom is 0.156 e. The molecule has 0 aromatic carbocycles. The zero-order chi connectivity index (χ0) is 17.3. The molecule has 1 N–H and O–H groups in total. The highest BCUT2D eigenvalue weighted by Gasteiger charge is 2.58. The zero-order valence-corrected chi connectivity index (χ0v) is 15.7. The molecule has 4 aliphatic carbocycles. The second-order valence-corrected chi connectivity index (χ2v) is 9.53. The second-order valence-electron chi connectivity index (χ2n) is 9.53. The van der Waals surface area contributed by atoms with Crippen molar-refractivity contribution in [1.29, 1.82) is 0 Å². The third kappa shape index (κ3) is 2.08. The van der Waals surface area contributed by atoms with Gasteiger partial charge in [0.25, 0.3) is 0 Å². The van der Waals surface area contributed by atoms with E-state index in [1.165, 1.54) is 17.6 Å². The Bertz CT molecular complexity index is 642. The average molecular weight is 328 g/mol. The highest BCUT2D eigenvalue weighted by atomic mass is 16.3. The van der Waals surface area contributed by atoms with Gasteiger partial charge in [0.05, 0.1) is 6.10 Å². The van der Waals surface area contributed by atoms with Gasteiger partial charge in [-0.3, -0.25) is 4.79 Å². The number of hydrogen-bond acceptors (Lipinski definition) is 2. The van der Waals surface area contributed by atoms with Gasteiger partial charge in [0.2, 0.25) is 0 Å². The van der Waals surface area contributed by atoms with Crippen LogP contribution in [0.2, 0.25) is 0 Å². The number of Topliss-reactive ketones (excluding diaryl/α,β-unsaturated/α-hetero) is 1. The smallest absolute Gasteiger partial charge is 0.156 e. The number of carbonyl (C=O) groups excluding carboxylic acids is 1. The quantitative estimate of drug-likeness (QED) is 0.700. The van der Waals surface area contributed by atoms with Crippen LogP contribution in [-0.2, 0) is 4.79 Å². The molecule has 0 amide bonds. The second kappa shape index (κ2) is 5.30. The summed E-state index contributed by atoms with van der Waals surface area (Å²) in [6.45, 7) is 8.79. The predicted octanol–water partition coefficient (Wildman–Crippen LogP) is 4.83. The molecule has 0 radical (unpaired) electrons. The number of hydrogen-bond donors (Lipinski definition) is 1. The standard InChI is InChI=1S/C22H32O2/c1-13-11-19-17-6-5-15-12-16(24)7-9-21(15,3)18(17)8-10-22(19,4)20(13)14(2)23/h5,16-19,24H,6-12H2,1-4H3/t16-,17-,18+,19-,21+,22-/m1/s1. The van der Waals surface area contributed by atoms with Crippen molar-refractivity contribution in [3.05, 3.63) is 22.8 Å². The largest absolute Gasteiger partial charge is 0.393 e. The van der Waals surface area contributed by atoms with Crippen LogP contribution in [0.4, 0.5) is 0 Å². The van der Waals surface area contributed by atoms with Crippen molar-refractivity contribution in [3.8, 4) is 0 Å². The van der Waals surface area contributed by atoms with Crippen LogP contribution in [0.5, 0.6) is 0 Å². The minimum absolute atomic E-state index is 0.104. The van der Waals surface area contributed by atoms with E-state index in [2.05, 4.69) is 26.8 Å². The molecule has 0 bridgehead atoms. The summed E-state index contributed by atoms with van der Waals surface area (Å²) in [6, 6.07) is 0. The molecule has 4 rings (SSSR count). The van der Waals surface area contributed by atoms with Crippen LogP contribution >= 0.6 is 0 Å². The van der Waals surface area contributed by atoms with E-state index >= 15 is 0 Å². The van der Waals surface area contributed by atoms with Crippen molar-refractivity contribution in [1.82, 2.24) is 0 Å². The number of aliphatic hydroxyl groups excluding tert-OH is 1. The van der Waals surface area contributed by atoms with Gasteiger partial charge >= 0.3 is 0 Å². The number of fused-ring (bicyclic) bond motifs is 5. The number of carbonyl (C=O) groups is 1. The van der Waals surface area contributed by atoms with Gasteiger partial charge in [-0.25, -0.2) is 0 Å². The molecule has 6 atom stereocenters. The number of aliphatic hydroxyl groups is 1. The Hall–Kier alpha value is -0.890. The summed E-state index contributed by atoms with van der Waals surface area (Å²) in [5.41, 5.74) is 4.43. The fraction of sp³-hybridized carbons (Fsp3) is 0.773. The molecule has 0 heterocycles. The number of allylic oxidation sites excluding steroid dienone is 3.